The molecule has 0 radical (unpaired) electrons. The van der Waals surface area contributed by atoms with Gasteiger partial charge in [-0.2, -0.15) is 0 Å². The lowest BCUT2D eigenvalue weighted by Crippen LogP contribution is -2.55. The molecule has 0 saturated heterocycles. The second-order valence-corrected chi connectivity index (χ2v) is 3.50. The summed E-state index contributed by atoms with van der Waals surface area (Å²) in [7, 11) is 0. The predicted octanol–water partition coefficient (Wildman–Crippen LogP) is 1.36. The van der Waals surface area contributed by atoms with E-state index in [0.29, 0.717) is 11.4 Å². The van der Waals surface area contributed by atoms with Crippen LogP contribution in [0.4, 0.5) is 0 Å². The summed E-state index contributed by atoms with van der Waals surface area (Å²) >= 11 is 4.96. The molecule has 3 N–H and O–H groups in total. The summed E-state index contributed by atoms with van der Waals surface area (Å²) in [5.74, 6) is -0.00324. The van der Waals surface area contributed by atoms with Gasteiger partial charge in [0.2, 0.25) is 5.91 Å². The van der Waals surface area contributed by atoms with Crippen molar-refractivity contribution in [3.63, 3.8) is 0 Å². The molecule has 76 valence electrons. The highest BCUT2D eigenvalue weighted by Crippen LogP contribution is 2.15. The Hall–Kier alpha value is -0.640. The topological polar surface area (TPSA) is 55.1 Å². The van der Waals surface area contributed by atoms with E-state index in [1.54, 1.807) is 0 Å². The van der Waals surface area contributed by atoms with E-state index in [4.69, 9.17) is 18.0 Å². The Labute approximate surface area is 85.1 Å². The Morgan fingerprint density at radius 1 is 1.38 bits per heavy atom. The fourth-order valence-corrected chi connectivity index (χ4v) is 1.53. The lowest BCUT2D eigenvalue weighted by molar-refractivity contribution is -0.122. The number of hydrogen-bond acceptors (Lipinski definition) is 2. The van der Waals surface area contributed by atoms with Crippen LogP contribution in [0.15, 0.2) is 0 Å². The van der Waals surface area contributed by atoms with Gasteiger partial charge in [-0.05, 0) is 12.8 Å². The van der Waals surface area contributed by atoms with E-state index >= 15 is 0 Å². The van der Waals surface area contributed by atoms with E-state index in [1.165, 1.54) is 0 Å². The van der Waals surface area contributed by atoms with Gasteiger partial charge in [0.15, 0.2) is 0 Å². The van der Waals surface area contributed by atoms with Crippen LogP contribution in [-0.4, -0.2) is 16.4 Å². The minimum absolute atomic E-state index is 0.00324. The standard InChI is InChI=1S/C9H18N2OS/c1-4-7(12)11-9(5-2,6-3)8(10)13/h4-6H2,1-3H3,(H2,10,13)(H,11,12). The molecule has 0 aromatic carbocycles. The normalized spacial score (nSPS) is 11.0. The molecule has 0 bridgehead atoms. The minimum Gasteiger partial charge on any atom is -0.391 e. The summed E-state index contributed by atoms with van der Waals surface area (Å²) in [6, 6.07) is 0. The number of nitrogens with two attached hydrogens (primary N) is 1. The van der Waals surface area contributed by atoms with Crippen molar-refractivity contribution in [2.45, 2.75) is 45.6 Å². The summed E-state index contributed by atoms with van der Waals surface area (Å²) in [5, 5.41) is 2.87. The second-order valence-electron chi connectivity index (χ2n) is 3.06. The highest BCUT2D eigenvalue weighted by Gasteiger charge is 2.30. The minimum atomic E-state index is -0.484. The van der Waals surface area contributed by atoms with Crippen molar-refractivity contribution in [3.05, 3.63) is 0 Å². The molecule has 13 heavy (non-hydrogen) atoms. The van der Waals surface area contributed by atoms with Crippen molar-refractivity contribution in [3.8, 4) is 0 Å². The van der Waals surface area contributed by atoms with Crippen LogP contribution in [0.3, 0.4) is 0 Å². The Balaban J connectivity index is 4.57. The van der Waals surface area contributed by atoms with Crippen LogP contribution in [0, 0.1) is 0 Å². The van der Waals surface area contributed by atoms with Gasteiger partial charge in [-0.15, -0.1) is 0 Å². The molecule has 0 saturated carbocycles. The quantitative estimate of drug-likeness (QED) is 0.662. The first kappa shape index (κ1) is 12.4. The van der Waals surface area contributed by atoms with Gasteiger partial charge in [-0.1, -0.05) is 33.0 Å². The van der Waals surface area contributed by atoms with Gasteiger partial charge in [0.05, 0.1) is 10.5 Å². The highest BCUT2D eigenvalue weighted by atomic mass is 32.1. The molecule has 0 aliphatic heterocycles. The number of carbonyl (C=O) groups is 1. The van der Waals surface area contributed by atoms with Crippen LogP contribution in [0.2, 0.25) is 0 Å². The molecular formula is C9H18N2OS. The average Bonchev–Trinajstić information content (AvgIpc) is 2.13. The molecule has 0 rings (SSSR count). The lowest BCUT2D eigenvalue weighted by atomic mass is 9.92. The van der Waals surface area contributed by atoms with Gasteiger partial charge in [0.1, 0.15) is 0 Å². The van der Waals surface area contributed by atoms with Crippen LogP contribution >= 0.6 is 12.2 Å². The van der Waals surface area contributed by atoms with Crippen LogP contribution in [0.1, 0.15) is 40.0 Å². The molecule has 0 aromatic rings. The predicted molar refractivity (Wildman–Crippen MR) is 58.5 cm³/mol. The van der Waals surface area contributed by atoms with Gasteiger partial charge < -0.3 is 11.1 Å². The maximum atomic E-state index is 11.2. The summed E-state index contributed by atoms with van der Waals surface area (Å²) < 4.78 is 0. The summed E-state index contributed by atoms with van der Waals surface area (Å²) in [6.07, 6.45) is 1.94. The summed E-state index contributed by atoms with van der Waals surface area (Å²) in [4.78, 5) is 11.6. The molecule has 0 aliphatic carbocycles. The molecule has 0 fully saturated rings. The lowest BCUT2D eigenvalue weighted by Gasteiger charge is -2.31. The first-order valence-corrected chi connectivity index (χ1v) is 5.04. The van der Waals surface area contributed by atoms with Gasteiger partial charge in [0, 0.05) is 6.42 Å². The first-order chi connectivity index (χ1) is 6.02. The third-order valence-corrected chi connectivity index (χ3v) is 2.77. The van der Waals surface area contributed by atoms with Crippen LogP contribution in [-0.2, 0) is 4.79 Å². The highest BCUT2D eigenvalue weighted by molar-refractivity contribution is 7.80. The fourth-order valence-electron chi connectivity index (χ4n) is 1.19. The van der Waals surface area contributed by atoms with Crippen molar-refractivity contribution in [2.75, 3.05) is 0 Å². The molecule has 3 nitrogen and oxygen atoms in total. The van der Waals surface area contributed by atoms with E-state index in [2.05, 4.69) is 5.32 Å². The molecule has 1 amide bonds. The van der Waals surface area contributed by atoms with Gasteiger partial charge in [-0.3, -0.25) is 4.79 Å². The first-order valence-electron chi connectivity index (χ1n) is 4.63. The summed E-state index contributed by atoms with van der Waals surface area (Å²) in [5.41, 5.74) is 5.13. The zero-order chi connectivity index (χ0) is 10.5. The third-order valence-electron chi connectivity index (χ3n) is 2.38. The van der Waals surface area contributed by atoms with Crippen molar-refractivity contribution in [2.24, 2.45) is 5.73 Å². The molecule has 0 unspecified atom stereocenters. The maximum Gasteiger partial charge on any atom is 0.220 e. The molecule has 0 aromatic heterocycles. The van der Waals surface area contributed by atoms with E-state index in [0.717, 1.165) is 12.8 Å². The number of amides is 1. The number of hydrogen-bond donors (Lipinski definition) is 2. The van der Waals surface area contributed by atoms with Gasteiger partial charge >= 0.3 is 0 Å². The average molecular weight is 202 g/mol. The molecule has 0 aliphatic rings. The number of thiocarbonyl (C=S) groups is 1. The van der Waals surface area contributed by atoms with Crippen molar-refractivity contribution in [1.82, 2.24) is 5.32 Å². The van der Waals surface area contributed by atoms with Gasteiger partial charge in [0.25, 0.3) is 0 Å². The van der Waals surface area contributed by atoms with E-state index in [9.17, 15) is 4.79 Å². The van der Waals surface area contributed by atoms with Gasteiger partial charge in [-0.25, -0.2) is 0 Å². The Morgan fingerprint density at radius 3 is 2.08 bits per heavy atom. The number of rotatable bonds is 5. The Kier molecular flexibility index (Phi) is 4.91. The Bertz CT molecular complexity index is 200. The van der Waals surface area contributed by atoms with E-state index < -0.39 is 5.54 Å². The van der Waals surface area contributed by atoms with Crippen LogP contribution in [0.5, 0.6) is 0 Å². The summed E-state index contributed by atoms with van der Waals surface area (Å²) in [6.45, 7) is 5.75. The second kappa shape index (κ2) is 5.17. The molecule has 0 atom stereocenters. The molecular weight excluding hydrogens is 184 g/mol. The third kappa shape index (κ3) is 2.95. The molecule has 0 heterocycles. The largest absolute Gasteiger partial charge is 0.391 e. The number of carbonyl (C=O) groups excluding carboxylic acids is 1. The SMILES string of the molecule is CCC(=O)NC(CC)(CC)C(N)=S. The van der Waals surface area contributed by atoms with Crippen LogP contribution in [0.25, 0.3) is 0 Å². The smallest absolute Gasteiger partial charge is 0.220 e. The monoisotopic (exact) mass is 202 g/mol. The zero-order valence-corrected chi connectivity index (χ0v) is 9.33. The molecule has 0 spiro atoms. The van der Waals surface area contributed by atoms with Crippen LogP contribution < -0.4 is 11.1 Å². The van der Waals surface area contributed by atoms with Crippen molar-refractivity contribution >= 4 is 23.1 Å². The van der Waals surface area contributed by atoms with Crippen molar-refractivity contribution in [1.29, 1.82) is 0 Å². The van der Waals surface area contributed by atoms with Crippen molar-refractivity contribution < 1.29 is 4.79 Å². The maximum absolute atomic E-state index is 11.2. The number of nitrogens with one attached hydrogen (secondary N) is 1. The Morgan fingerprint density at radius 2 is 1.85 bits per heavy atom. The van der Waals surface area contributed by atoms with E-state index in [-0.39, 0.29) is 5.91 Å². The fraction of sp³-hybridized carbons (Fsp3) is 0.778. The zero-order valence-electron chi connectivity index (χ0n) is 8.52. The molecule has 4 heteroatoms. The van der Waals surface area contributed by atoms with E-state index in [1.807, 2.05) is 20.8 Å².